The lowest BCUT2D eigenvalue weighted by atomic mass is 10.1. The van der Waals surface area contributed by atoms with Gasteiger partial charge in [0.25, 0.3) is 5.91 Å². The van der Waals surface area contributed by atoms with E-state index in [1.54, 1.807) is 31.2 Å². The summed E-state index contributed by atoms with van der Waals surface area (Å²) < 4.78 is 13.2. The van der Waals surface area contributed by atoms with Crippen LogP contribution in [0.4, 0.5) is 15.8 Å². The number of rotatable bonds is 4. The van der Waals surface area contributed by atoms with E-state index in [1.807, 2.05) is 6.92 Å². The number of benzene rings is 2. The molecule has 0 bridgehead atoms. The van der Waals surface area contributed by atoms with Gasteiger partial charge in [-0.3, -0.25) is 4.79 Å². The topological polar surface area (TPSA) is 41.1 Å². The summed E-state index contributed by atoms with van der Waals surface area (Å²) in [6.07, 6.45) is 0. The van der Waals surface area contributed by atoms with Crippen molar-refractivity contribution in [3.63, 3.8) is 0 Å². The zero-order valence-corrected chi connectivity index (χ0v) is 12.6. The summed E-state index contributed by atoms with van der Waals surface area (Å²) in [7, 11) is 0. The monoisotopic (exact) mass is 306 g/mol. The third-order valence-corrected chi connectivity index (χ3v) is 3.24. The van der Waals surface area contributed by atoms with Crippen LogP contribution in [0.2, 0.25) is 5.02 Å². The molecule has 0 spiro atoms. The highest BCUT2D eigenvalue weighted by atomic mass is 35.5. The van der Waals surface area contributed by atoms with E-state index in [1.165, 1.54) is 12.1 Å². The fourth-order valence-electron chi connectivity index (χ4n) is 1.97. The molecule has 1 amide bonds. The summed E-state index contributed by atoms with van der Waals surface area (Å²) in [6, 6.07) is 9.52. The minimum Gasteiger partial charge on any atom is -0.385 e. The van der Waals surface area contributed by atoms with Crippen LogP contribution in [0.1, 0.15) is 22.8 Å². The summed E-state index contributed by atoms with van der Waals surface area (Å²) in [4.78, 5) is 12.4. The molecule has 0 fully saturated rings. The molecule has 0 unspecified atom stereocenters. The Morgan fingerprint density at radius 3 is 2.67 bits per heavy atom. The van der Waals surface area contributed by atoms with E-state index in [2.05, 4.69) is 10.6 Å². The molecule has 21 heavy (non-hydrogen) atoms. The lowest BCUT2D eigenvalue weighted by Crippen LogP contribution is -2.15. The van der Waals surface area contributed by atoms with Gasteiger partial charge in [-0.25, -0.2) is 4.39 Å². The first-order valence-electron chi connectivity index (χ1n) is 6.62. The van der Waals surface area contributed by atoms with Crippen molar-refractivity contribution in [2.45, 2.75) is 13.8 Å². The Kier molecular flexibility index (Phi) is 4.81. The van der Waals surface area contributed by atoms with Crippen LogP contribution in [0.25, 0.3) is 0 Å². The number of hydrogen-bond acceptors (Lipinski definition) is 2. The Bertz CT molecular complexity index is 673. The van der Waals surface area contributed by atoms with Crippen molar-refractivity contribution >= 4 is 28.9 Å². The highest BCUT2D eigenvalue weighted by Gasteiger charge is 2.12. The van der Waals surface area contributed by atoms with Crippen molar-refractivity contribution in [1.29, 1.82) is 0 Å². The molecule has 0 aliphatic heterocycles. The quantitative estimate of drug-likeness (QED) is 0.875. The maximum Gasteiger partial charge on any atom is 0.257 e. The van der Waals surface area contributed by atoms with Gasteiger partial charge in [0.05, 0.1) is 5.56 Å². The van der Waals surface area contributed by atoms with Gasteiger partial charge in [-0.15, -0.1) is 0 Å². The number of hydrogen-bond donors (Lipinski definition) is 2. The van der Waals surface area contributed by atoms with Crippen LogP contribution in [0.3, 0.4) is 0 Å². The number of amides is 1. The molecule has 110 valence electrons. The van der Waals surface area contributed by atoms with Gasteiger partial charge in [0.15, 0.2) is 0 Å². The molecule has 5 heteroatoms. The van der Waals surface area contributed by atoms with Crippen LogP contribution >= 0.6 is 11.6 Å². The van der Waals surface area contributed by atoms with Crippen molar-refractivity contribution < 1.29 is 9.18 Å². The van der Waals surface area contributed by atoms with Crippen LogP contribution < -0.4 is 10.6 Å². The average molecular weight is 307 g/mol. The zero-order chi connectivity index (χ0) is 15.4. The fraction of sp³-hybridized carbons (Fsp3) is 0.188. The molecule has 0 saturated carbocycles. The van der Waals surface area contributed by atoms with Gasteiger partial charge in [-0.05, 0) is 55.8 Å². The largest absolute Gasteiger partial charge is 0.385 e. The molecule has 2 aromatic rings. The third-order valence-electron chi connectivity index (χ3n) is 3.01. The number of halogens is 2. The molecule has 0 heterocycles. The van der Waals surface area contributed by atoms with Crippen molar-refractivity contribution in [1.82, 2.24) is 0 Å². The average Bonchev–Trinajstić information content (AvgIpc) is 2.45. The highest BCUT2D eigenvalue weighted by Crippen LogP contribution is 2.22. The Balaban J connectivity index is 2.27. The Labute approximate surface area is 128 Å². The molecule has 0 aliphatic rings. The molecule has 0 aromatic heterocycles. The molecule has 2 aromatic carbocycles. The van der Waals surface area contributed by atoms with Crippen molar-refractivity contribution in [3.05, 3.63) is 58.4 Å². The number of nitrogens with one attached hydrogen (secondary N) is 2. The Morgan fingerprint density at radius 2 is 2.00 bits per heavy atom. The van der Waals surface area contributed by atoms with E-state index in [0.717, 1.165) is 0 Å². The van der Waals surface area contributed by atoms with Gasteiger partial charge >= 0.3 is 0 Å². The van der Waals surface area contributed by atoms with E-state index in [-0.39, 0.29) is 11.7 Å². The summed E-state index contributed by atoms with van der Waals surface area (Å²) in [5, 5.41) is 6.34. The van der Waals surface area contributed by atoms with Crippen molar-refractivity contribution in [3.8, 4) is 0 Å². The molecule has 3 nitrogen and oxygen atoms in total. The zero-order valence-electron chi connectivity index (χ0n) is 11.8. The fourth-order valence-corrected chi connectivity index (χ4v) is 2.14. The summed E-state index contributed by atoms with van der Waals surface area (Å²) >= 11 is 5.95. The predicted octanol–water partition coefficient (Wildman–Crippen LogP) is 4.47. The standard InChI is InChI=1S/C16H16ClFN2O/c1-3-19-15-7-4-11(17)9-13(15)16(21)20-12-5-6-14(18)10(2)8-12/h4-9,19H,3H2,1-2H3,(H,20,21). The van der Waals surface area contributed by atoms with Gasteiger partial charge in [-0.1, -0.05) is 11.6 Å². The summed E-state index contributed by atoms with van der Waals surface area (Å²) in [5.74, 6) is -0.594. The lowest BCUT2D eigenvalue weighted by Gasteiger charge is -2.12. The van der Waals surface area contributed by atoms with Gasteiger partial charge in [0.1, 0.15) is 5.82 Å². The van der Waals surface area contributed by atoms with Gasteiger partial charge in [0, 0.05) is 22.9 Å². The number of anilines is 2. The van der Waals surface area contributed by atoms with Crippen molar-refractivity contribution in [2.75, 3.05) is 17.2 Å². The van der Waals surface area contributed by atoms with E-state index < -0.39 is 0 Å². The van der Waals surface area contributed by atoms with Crippen molar-refractivity contribution in [2.24, 2.45) is 0 Å². The van der Waals surface area contributed by atoms with E-state index in [0.29, 0.717) is 34.1 Å². The van der Waals surface area contributed by atoms with Crippen LogP contribution in [-0.4, -0.2) is 12.5 Å². The maximum absolute atomic E-state index is 13.2. The van der Waals surface area contributed by atoms with Crippen LogP contribution in [0, 0.1) is 12.7 Å². The third kappa shape index (κ3) is 3.73. The van der Waals surface area contributed by atoms with Crippen LogP contribution in [0.5, 0.6) is 0 Å². The Hall–Kier alpha value is -2.07. The van der Waals surface area contributed by atoms with E-state index in [9.17, 15) is 9.18 Å². The van der Waals surface area contributed by atoms with Gasteiger partial charge in [-0.2, -0.15) is 0 Å². The number of aryl methyl sites for hydroxylation is 1. The molecule has 2 N–H and O–H groups in total. The molecule has 2 rings (SSSR count). The Morgan fingerprint density at radius 1 is 1.24 bits per heavy atom. The summed E-state index contributed by atoms with van der Waals surface area (Å²) in [5.41, 5.74) is 2.18. The summed E-state index contributed by atoms with van der Waals surface area (Å²) in [6.45, 7) is 4.28. The number of carbonyl (C=O) groups is 1. The minimum absolute atomic E-state index is 0.292. The van der Waals surface area contributed by atoms with Gasteiger partial charge < -0.3 is 10.6 Å². The number of carbonyl (C=O) groups excluding carboxylic acids is 1. The molecule has 0 radical (unpaired) electrons. The lowest BCUT2D eigenvalue weighted by molar-refractivity contribution is 0.102. The van der Waals surface area contributed by atoms with Crippen LogP contribution in [-0.2, 0) is 0 Å². The smallest absolute Gasteiger partial charge is 0.257 e. The van der Waals surface area contributed by atoms with Crippen LogP contribution in [0.15, 0.2) is 36.4 Å². The normalized spacial score (nSPS) is 10.3. The molecular weight excluding hydrogens is 291 g/mol. The van der Waals surface area contributed by atoms with E-state index >= 15 is 0 Å². The molecule has 0 atom stereocenters. The molecule has 0 saturated heterocycles. The first kappa shape index (κ1) is 15.3. The van der Waals surface area contributed by atoms with Gasteiger partial charge in [0.2, 0.25) is 0 Å². The second-order valence-electron chi connectivity index (χ2n) is 4.64. The SMILES string of the molecule is CCNc1ccc(Cl)cc1C(=O)Nc1ccc(F)c(C)c1. The predicted molar refractivity (Wildman–Crippen MR) is 84.7 cm³/mol. The van der Waals surface area contributed by atoms with E-state index in [4.69, 9.17) is 11.6 Å². The second-order valence-corrected chi connectivity index (χ2v) is 5.07. The highest BCUT2D eigenvalue weighted by molar-refractivity contribution is 6.31. The first-order valence-corrected chi connectivity index (χ1v) is 7.00. The molecular formula is C16H16ClFN2O. The maximum atomic E-state index is 13.2. The first-order chi connectivity index (χ1) is 10.0. The second kappa shape index (κ2) is 6.59. The minimum atomic E-state index is -0.302. The molecule has 0 aliphatic carbocycles.